The maximum absolute atomic E-state index is 6.69. The summed E-state index contributed by atoms with van der Waals surface area (Å²) >= 11 is 0. The molecular formula is C47H43BN2O. The molecule has 0 unspecified atom stereocenters. The molecule has 0 fully saturated rings. The Balaban J connectivity index is 1.38. The minimum Gasteiger partial charge on any atom is -0.456 e. The molecule has 2 aliphatic heterocycles. The standard InChI is InChI=1S/C47H43BN2O/c1-25-18-26(2)41(27(3)19-25)28-14-16-35-36(20-28)49-37-24-40-42(31-12-10-11-13-39(31)51-40)43-34-23-30(47(7,8)9)22-33-32-21-29(46(4,5)6)15-17-38(32)50(45(33)34)48(35)44(37)43/h10-24,49H,1-9H3. The Kier molecular flexibility index (Phi) is 5.98. The van der Waals surface area contributed by atoms with Crippen molar-refractivity contribution in [2.75, 3.05) is 5.32 Å². The first-order valence-electron chi connectivity index (χ1n) is 18.4. The Bertz CT molecular complexity index is 2810. The second-order valence-corrected chi connectivity index (χ2v) is 17.3. The van der Waals surface area contributed by atoms with Gasteiger partial charge in [0.05, 0.1) is 0 Å². The molecule has 250 valence electrons. The molecule has 51 heavy (non-hydrogen) atoms. The van der Waals surface area contributed by atoms with E-state index in [4.69, 9.17) is 4.42 Å². The fraction of sp³-hybridized carbons (Fsp3) is 0.234. The minimum atomic E-state index is -0.0302. The van der Waals surface area contributed by atoms with Gasteiger partial charge in [-0.25, -0.2) is 0 Å². The third kappa shape index (κ3) is 4.20. The number of benzene rings is 6. The number of nitrogens with one attached hydrogen (secondary N) is 1. The van der Waals surface area contributed by atoms with Crippen LogP contribution in [0.2, 0.25) is 0 Å². The second-order valence-electron chi connectivity index (χ2n) is 17.3. The fourth-order valence-electron chi connectivity index (χ4n) is 9.37. The van der Waals surface area contributed by atoms with E-state index in [1.54, 1.807) is 0 Å². The van der Waals surface area contributed by atoms with Gasteiger partial charge in [-0.2, -0.15) is 0 Å². The van der Waals surface area contributed by atoms with Gasteiger partial charge >= 0.3 is 6.85 Å². The third-order valence-corrected chi connectivity index (χ3v) is 11.7. The maximum atomic E-state index is 6.69. The molecule has 10 rings (SSSR count). The first kappa shape index (κ1) is 30.6. The zero-order valence-corrected chi connectivity index (χ0v) is 31.1. The summed E-state index contributed by atoms with van der Waals surface area (Å²) in [5.41, 5.74) is 21.1. The minimum absolute atomic E-state index is 0.00736. The SMILES string of the molecule is Cc1cc(C)c(-c2ccc3c(c2)Nc2cc4oc5ccccc5c4c4c2B3n2c3ccc(C(C)(C)C)cc3c3cc(C(C)(C)C)cc-4c32)c(C)c1. The lowest BCUT2D eigenvalue weighted by Crippen LogP contribution is -2.55. The van der Waals surface area contributed by atoms with Gasteiger partial charge in [0, 0.05) is 55.6 Å². The van der Waals surface area contributed by atoms with Crippen LogP contribution in [0.15, 0.2) is 95.4 Å². The van der Waals surface area contributed by atoms with Crippen molar-refractivity contribution in [3.8, 4) is 22.3 Å². The average Bonchev–Trinajstić information content (AvgIpc) is 3.60. The monoisotopic (exact) mass is 662 g/mol. The van der Waals surface area contributed by atoms with Crippen LogP contribution in [0, 0.1) is 20.8 Å². The van der Waals surface area contributed by atoms with Gasteiger partial charge in [0.25, 0.3) is 0 Å². The summed E-state index contributed by atoms with van der Waals surface area (Å²) in [7, 11) is 0. The van der Waals surface area contributed by atoms with E-state index < -0.39 is 0 Å². The molecule has 0 saturated heterocycles. The van der Waals surface area contributed by atoms with Crippen molar-refractivity contribution in [3.63, 3.8) is 0 Å². The molecule has 8 aromatic rings. The molecule has 3 nitrogen and oxygen atoms in total. The summed E-state index contributed by atoms with van der Waals surface area (Å²) in [5, 5.41) is 9.02. The van der Waals surface area contributed by atoms with Crippen molar-refractivity contribution >= 4 is 72.9 Å². The molecule has 1 N–H and O–H groups in total. The van der Waals surface area contributed by atoms with Crippen LogP contribution >= 0.6 is 0 Å². The molecule has 6 aromatic carbocycles. The van der Waals surface area contributed by atoms with Crippen LogP contribution < -0.4 is 16.2 Å². The smallest absolute Gasteiger partial charge is 0.333 e. The highest BCUT2D eigenvalue weighted by atomic mass is 16.3. The third-order valence-electron chi connectivity index (χ3n) is 11.7. The van der Waals surface area contributed by atoms with Gasteiger partial charge in [-0.3, -0.25) is 0 Å². The van der Waals surface area contributed by atoms with Crippen LogP contribution in [0.4, 0.5) is 11.4 Å². The van der Waals surface area contributed by atoms with Crippen molar-refractivity contribution in [2.45, 2.75) is 73.1 Å². The van der Waals surface area contributed by atoms with Crippen LogP contribution in [0.1, 0.15) is 69.4 Å². The van der Waals surface area contributed by atoms with Crippen molar-refractivity contribution in [2.24, 2.45) is 0 Å². The van der Waals surface area contributed by atoms with Crippen molar-refractivity contribution in [3.05, 3.63) is 119 Å². The lowest BCUT2D eigenvalue weighted by atomic mass is 9.45. The zero-order chi connectivity index (χ0) is 35.3. The molecular weight excluding hydrogens is 619 g/mol. The number of hydrogen-bond donors (Lipinski definition) is 1. The average molecular weight is 663 g/mol. The van der Waals surface area contributed by atoms with E-state index in [1.807, 2.05) is 0 Å². The van der Waals surface area contributed by atoms with Gasteiger partial charge in [0.1, 0.15) is 11.2 Å². The van der Waals surface area contributed by atoms with E-state index in [2.05, 4.69) is 163 Å². The highest BCUT2D eigenvalue weighted by molar-refractivity contribution is 6.90. The van der Waals surface area contributed by atoms with Gasteiger partial charge in [-0.15, -0.1) is 0 Å². The number of nitrogens with zero attached hydrogens (tertiary/aromatic N) is 1. The summed E-state index contributed by atoms with van der Waals surface area (Å²) in [6.45, 7) is 20.6. The molecule has 0 saturated carbocycles. The highest BCUT2D eigenvalue weighted by Gasteiger charge is 2.42. The predicted molar refractivity (Wildman–Crippen MR) is 219 cm³/mol. The first-order valence-corrected chi connectivity index (χ1v) is 18.4. The summed E-state index contributed by atoms with van der Waals surface area (Å²) in [4.78, 5) is 0. The molecule has 0 amide bonds. The molecule has 4 heteroatoms. The van der Waals surface area contributed by atoms with E-state index in [0.29, 0.717) is 0 Å². The Morgan fingerprint density at radius 3 is 2.10 bits per heavy atom. The Morgan fingerprint density at radius 1 is 0.627 bits per heavy atom. The Morgan fingerprint density at radius 2 is 1.35 bits per heavy atom. The van der Waals surface area contributed by atoms with E-state index in [1.165, 1.54) is 93.6 Å². The number of furan rings is 1. The molecule has 0 bridgehead atoms. The van der Waals surface area contributed by atoms with Gasteiger partial charge < -0.3 is 14.2 Å². The normalized spacial score (nSPS) is 13.7. The van der Waals surface area contributed by atoms with E-state index in [-0.39, 0.29) is 17.7 Å². The lowest BCUT2D eigenvalue weighted by Gasteiger charge is -2.35. The van der Waals surface area contributed by atoms with Crippen LogP contribution in [-0.4, -0.2) is 11.3 Å². The number of para-hydroxylation sites is 1. The number of anilines is 2. The molecule has 0 radical (unpaired) electrons. The molecule has 4 heterocycles. The zero-order valence-electron chi connectivity index (χ0n) is 31.1. The number of aryl methyl sites for hydroxylation is 3. The summed E-state index contributed by atoms with van der Waals surface area (Å²) in [6, 6.07) is 34.7. The topological polar surface area (TPSA) is 30.1 Å². The van der Waals surface area contributed by atoms with Gasteiger partial charge in [-0.1, -0.05) is 95.6 Å². The largest absolute Gasteiger partial charge is 0.456 e. The highest BCUT2D eigenvalue weighted by Crippen LogP contribution is 2.49. The molecule has 2 aliphatic rings. The predicted octanol–water partition coefficient (Wildman–Crippen LogP) is 11.6. The van der Waals surface area contributed by atoms with Crippen molar-refractivity contribution in [1.82, 2.24) is 4.48 Å². The van der Waals surface area contributed by atoms with Gasteiger partial charge in [0.15, 0.2) is 0 Å². The number of fused-ring (bicyclic) bond motifs is 11. The number of aromatic nitrogens is 1. The molecule has 0 spiro atoms. The fourth-order valence-corrected chi connectivity index (χ4v) is 9.37. The van der Waals surface area contributed by atoms with Crippen LogP contribution in [0.25, 0.3) is 66.0 Å². The summed E-state index contributed by atoms with van der Waals surface area (Å²) in [5.74, 6) is 0. The lowest BCUT2D eigenvalue weighted by molar-refractivity contribution is 0.590. The Labute approximate surface area is 300 Å². The van der Waals surface area contributed by atoms with E-state index in [0.717, 1.165) is 22.5 Å². The summed E-state index contributed by atoms with van der Waals surface area (Å²) in [6.07, 6.45) is 0. The molecule has 0 atom stereocenters. The Hall–Kier alpha value is -5.22. The van der Waals surface area contributed by atoms with Crippen LogP contribution in [-0.2, 0) is 10.8 Å². The number of hydrogen-bond acceptors (Lipinski definition) is 2. The van der Waals surface area contributed by atoms with Crippen LogP contribution in [0.5, 0.6) is 0 Å². The van der Waals surface area contributed by atoms with Gasteiger partial charge in [0.2, 0.25) is 0 Å². The van der Waals surface area contributed by atoms with Gasteiger partial charge in [-0.05, 0) is 118 Å². The van der Waals surface area contributed by atoms with Crippen molar-refractivity contribution < 1.29 is 4.42 Å². The van der Waals surface area contributed by atoms with E-state index >= 15 is 0 Å². The molecule has 2 aromatic heterocycles. The molecule has 0 aliphatic carbocycles. The van der Waals surface area contributed by atoms with E-state index in [9.17, 15) is 0 Å². The van der Waals surface area contributed by atoms with Crippen LogP contribution in [0.3, 0.4) is 0 Å². The number of rotatable bonds is 1. The summed E-state index contributed by atoms with van der Waals surface area (Å²) < 4.78 is 9.36. The second kappa shape index (κ2) is 9.97. The maximum Gasteiger partial charge on any atom is 0.333 e. The quantitative estimate of drug-likeness (QED) is 0.177. The first-order chi connectivity index (χ1) is 24.3. The van der Waals surface area contributed by atoms with Crippen molar-refractivity contribution in [1.29, 1.82) is 0 Å².